The van der Waals surface area contributed by atoms with Crippen molar-refractivity contribution < 1.29 is 4.74 Å². The second kappa shape index (κ2) is 6.61. The molecule has 1 rings (SSSR count). The molecule has 19 heavy (non-hydrogen) atoms. The van der Waals surface area contributed by atoms with E-state index >= 15 is 0 Å². The second-order valence-corrected chi connectivity index (χ2v) is 6.12. The molecule has 0 atom stereocenters. The van der Waals surface area contributed by atoms with Gasteiger partial charge in [0.2, 0.25) is 0 Å². The van der Waals surface area contributed by atoms with E-state index in [1.807, 2.05) is 19.9 Å². The van der Waals surface area contributed by atoms with E-state index in [-0.39, 0.29) is 5.41 Å². The molecule has 0 saturated carbocycles. The van der Waals surface area contributed by atoms with Gasteiger partial charge in [0.15, 0.2) is 0 Å². The highest BCUT2D eigenvalue weighted by molar-refractivity contribution is 5.36. The van der Waals surface area contributed by atoms with E-state index in [0.29, 0.717) is 12.5 Å². The minimum atomic E-state index is -0.249. The van der Waals surface area contributed by atoms with Crippen LogP contribution in [0.5, 0.6) is 5.75 Å². The molecule has 0 bridgehead atoms. The van der Waals surface area contributed by atoms with Crippen molar-refractivity contribution >= 4 is 0 Å². The van der Waals surface area contributed by atoms with E-state index in [0.717, 1.165) is 18.6 Å². The van der Waals surface area contributed by atoms with Gasteiger partial charge < -0.3 is 4.74 Å². The van der Waals surface area contributed by atoms with Gasteiger partial charge in [0.1, 0.15) is 5.75 Å². The second-order valence-electron chi connectivity index (χ2n) is 6.12. The van der Waals surface area contributed by atoms with Gasteiger partial charge in [0.25, 0.3) is 0 Å². The Kier molecular flexibility index (Phi) is 5.42. The first-order valence-corrected chi connectivity index (χ1v) is 7.00. The van der Waals surface area contributed by atoms with Crippen LogP contribution < -0.4 is 4.74 Å². The van der Waals surface area contributed by atoms with Crippen molar-refractivity contribution in [1.29, 1.82) is 5.26 Å². The Morgan fingerprint density at radius 2 is 2.00 bits per heavy atom. The van der Waals surface area contributed by atoms with Gasteiger partial charge in [-0.05, 0) is 62.8 Å². The molecule has 2 heteroatoms. The van der Waals surface area contributed by atoms with Crippen molar-refractivity contribution in [3.8, 4) is 11.8 Å². The molecular weight excluding hydrogens is 234 g/mol. The number of hydrogen-bond acceptors (Lipinski definition) is 2. The van der Waals surface area contributed by atoms with Crippen molar-refractivity contribution in [2.24, 2.45) is 5.41 Å². The average Bonchev–Trinajstić information content (AvgIpc) is 2.34. The third kappa shape index (κ3) is 4.95. The van der Waals surface area contributed by atoms with E-state index < -0.39 is 0 Å². The van der Waals surface area contributed by atoms with Gasteiger partial charge in [0, 0.05) is 0 Å². The number of rotatable bonds is 6. The molecule has 0 aliphatic rings. The smallest absolute Gasteiger partial charge is 0.119 e. The van der Waals surface area contributed by atoms with E-state index in [1.165, 1.54) is 11.1 Å². The fraction of sp³-hybridized carbons (Fsp3) is 0.588. The van der Waals surface area contributed by atoms with Gasteiger partial charge in [-0.1, -0.05) is 19.9 Å². The molecule has 2 nitrogen and oxygen atoms in total. The molecule has 0 fully saturated rings. The molecular formula is C17H25NO. The molecule has 0 spiro atoms. The molecule has 0 amide bonds. The van der Waals surface area contributed by atoms with Crippen LogP contribution in [0.25, 0.3) is 0 Å². The van der Waals surface area contributed by atoms with Gasteiger partial charge in [-0.25, -0.2) is 0 Å². The van der Waals surface area contributed by atoms with Gasteiger partial charge in [-0.2, -0.15) is 5.26 Å². The zero-order valence-corrected chi connectivity index (χ0v) is 12.8. The molecule has 0 heterocycles. The van der Waals surface area contributed by atoms with Crippen molar-refractivity contribution in [2.75, 3.05) is 6.61 Å². The summed E-state index contributed by atoms with van der Waals surface area (Å²) in [6, 6.07) is 8.60. The molecule has 0 saturated heterocycles. The topological polar surface area (TPSA) is 33.0 Å². The van der Waals surface area contributed by atoms with Crippen molar-refractivity contribution in [3.05, 3.63) is 29.3 Å². The summed E-state index contributed by atoms with van der Waals surface area (Å²) in [4.78, 5) is 0. The lowest BCUT2D eigenvalue weighted by atomic mass is 9.90. The summed E-state index contributed by atoms with van der Waals surface area (Å²) < 4.78 is 5.75. The van der Waals surface area contributed by atoms with Crippen LogP contribution in [0.15, 0.2) is 18.2 Å². The quantitative estimate of drug-likeness (QED) is 0.686. The Morgan fingerprint density at radius 3 is 2.53 bits per heavy atom. The zero-order valence-electron chi connectivity index (χ0n) is 12.8. The SMILES string of the molecule is Cc1cc(OCCCC(C)(C)C#N)ccc1C(C)C. The van der Waals surface area contributed by atoms with E-state index in [4.69, 9.17) is 10.00 Å². The number of nitrogens with zero attached hydrogens (tertiary/aromatic N) is 1. The van der Waals surface area contributed by atoms with Gasteiger partial charge >= 0.3 is 0 Å². The molecule has 104 valence electrons. The molecule has 0 radical (unpaired) electrons. The number of benzene rings is 1. The molecule has 1 aromatic carbocycles. The maximum atomic E-state index is 8.94. The summed E-state index contributed by atoms with van der Waals surface area (Å²) in [7, 11) is 0. The fourth-order valence-corrected chi connectivity index (χ4v) is 2.15. The van der Waals surface area contributed by atoms with Crippen LogP contribution in [0.4, 0.5) is 0 Å². The highest BCUT2D eigenvalue weighted by atomic mass is 16.5. The number of nitriles is 1. The first-order valence-electron chi connectivity index (χ1n) is 7.00. The summed E-state index contributed by atoms with van der Waals surface area (Å²) in [5.74, 6) is 1.47. The summed E-state index contributed by atoms with van der Waals surface area (Å²) in [6.45, 7) is 11.1. The summed E-state index contributed by atoms with van der Waals surface area (Å²) in [5, 5.41) is 8.94. The molecule has 0 unspecified atom stereocenters. The van der Waals surface area contributed by atoms with Gasteiger partial charge in [-0.3, -0.25) is 0 Å². The minimum Gasteiger partial charge on any atom is -0.494 e. The Morgan fingerprint density at radius 1 is 1.32 bits per heavy atom. The normalized spacial score (nSPS) is 11.4. The Bertz CT molecular complexity index is 455. The predicted molar refractivity (Wildman–Crippen MR) is 79.4 cm³/mol. The maximum absolute atomic E-state index is 8.94. The monoisotopic (exact) mass is 259 g/mol. The minimum absolute atomic E-state index is 0.249. The lowest BCUT2D eigenvalue weighted by Gasteiger charge is -2.15. The van der Waals surface area contributed by atoms with Crippen LogP contribution in [-0.2, 0) is 0 Å². The van der Waals surface area contributed by atoms with Crippen LogP contribution >= 0.6 is 0 Å². The first kappa shape index (κ1) is 15.6. The first-order chi connectivity index (χ1) is 8.85. The Hall–Kier alpha value is -1.49. The molecule has 0 aromatic heterocycles. The zero-order chi connectivity index (χ0) is 14.5. The highest BCUT2D eigenvalue weighted by Gasteiger charge is 2.15. The van der Waals surface area contributed by atoms with Crippen LogP contribution in [0, 0.1) is 23.7 Å². The Labute approximate surface area is 117 Å². The average molecular weight is 259 g/mol. The van der Waals surface area contributed by atoms with E-state index in [2.05, 4.69) is 39.0 Å². The van der Waals surface area contributed by atoms with E-state index in [1.54, 1.807) is 0 Å². The van der Waals surface area contributed by atoms with Crippen LogP contribution in [0.2, 0.25) is 0 Å². The number of ether oxygens (including phenoxy) is 1. The molecule has 0 aliphatic heterocycles. The number of hydrogen-bond donors (Lipinski definition) is 0. The summed E-state index contributed by atoms with van der Waals surface area (Å²) in [6.07, 6.45) is 1.78. The largest absolute Gasteiger partial charge is 0.494 e. The van der Waals surface area contributed by atoms with Crippen LogP contribution in [0.3, 0.4) is 0 Å². The summed E-state index contributed by atoms with van der Waals surface area (Å²) >= 11 is 0. The number of aryl methyl sites for hydroxylation is 1. The third-order valence-electron chi connectivity index (χ3n) is 3.38. The molecule has 0 aliphatic carbocycles. The van der Waals surface area contributed by atoms with Crippen molar-refractivity contribution in [2.45, 2.75) is 53.4 Å². The molecule has 1 aromatic rings. The van der Waals surface area contributed by atoms with Crippen molar-refractivity contribution in [1.82, 2.24) is 0 Å². The summed E-state index contributed by atoms with van der Waals surface area (Å²) in [5.41, 5.74) is 2.41. The van der Waals surface area contributed by atoms with Gasteiger partial charge in [-0.15, -0.1) is 0 Å². The maximum Gasteiger partial charge on any atom is 0.119 e. The van der Waals surface area contributed by atoms with Crippen LogP contribution in [-0.4, -0.2) is 6.61 Å². The van der Waals surface area contributed by atoms with Crippen LogP contribution in [0.1, 0.15) is 57.6 Å². The highest BCUT2D eigenvalue weighted by Crippen LogP contribution is 2.24. The lowest BCUT2D eigenvalue weighted by molar-refractivity contribution is 0.284. The predicted octanol–water partition coefficient (Wildman–Crippen LogP) is 4.83. The third-order valence-corrected chi connectivity index (χ3v) is 3.38. The van der Waals surface area contributed by atoms with E-state index in [9.17, 15) is 0 Å². The lowest BCUT2D eigenvalue weighted by Crippen LogP contribution is -2.10. The fourth-order valence-electron chi connectivity index (χ4n) is 2.15. The van der Waals surface area contributed by atoms with Crippen molar-refractivity contribution in [3.63, 3.8) is 0 Å². The standard InChI is InChI=1S/C17H25NO/c1-13(2)16-8-7-15(11-14(16)3)19-10-6-9-17(4,5)12-18/h7-8,11,13H,6,9-10H2,1-5H3. The molecule has 0 N–H and O–H groups in total. The Balaban J connectivity index is 2.47. The van der Waals surface area contributed by atoms with Gasteiger partial charge in [0.05, 0.1) is 18.1 Å².